The van der Waals surface area contributed by atoms with Crippen molar-refractivity contribution in [3.05, 3.63) is 47.3 Å². The maximum Gasteiger partial charge on any atom is 0.503 e. The summed E-state index contributed by atoms with van der Waals surface area (Å²) in [5, 5.41) is 13.9. The molecule has 2 unspecified atom stereocenters. The van der Waals surface area contributed by atoms with Gasteiger partial charge in [-0.15, -0.1) is 0 Å². The summed E-state index contributed by atoms with van der Waals surface area (Å²) < 4.78 is 13.2. The van der Waals surface area contributed by atoms with E-state index < -0.39 is 6.16 Å². The number of rotatable bonds is 1. The van der Waals surface area contributed by atoms with Gasteiger partial charge in [0.1, 0.15) is 5.82 Å². The second kappa shape index (κ2) is 6.55. The molecular formula is C16H21FO3. The zero-order chi connectivity index (χ0) is 15.3. The van der Waals surface area contributed by atoms with Crippen molar-refractivity contribution in [1.82, 2.24) is 0 Å². The Morgan fingerprint density at radius 2 is 2.00 bits per heavy atom. The third kappa shape index (κ3) is 4.37. The first-order valence-electron chi connectivity index (χ1n) is 6.61. The van der Waals surface area contributed by atoms with E-state index in [1.165, 1.54) is 5.56 Å². The van der Waals surface area contributed by atoms with Gasteiger partial charge in [-0.1, -0.05) is 38.1 Å². The predicted molar refractivity (Wildman–Crippen MR) is 76.7 cm³/mol. The smallest absolute Gasteiger partial charge is 0.450 e. The molecule has 1 aromatic rings. The lowest BCUT2D eigenvalue weighted by Gasteiger charge is -2.33. The quantitative estimate of drug-likeness (QED) is 0.739. The monoisotopic (exact) mass is 280 g/mol. The van der Waals surface area contributed by atoms with Crippen LogP contribution in [-0.4, -0.2) is 16.4 Å². The highest BCUT2D eigenvalue weighted by Gasteiger charge is 2.28. The second-order valence-corrected chi connectivity index (χ2v) is 5.61. The summed E-state index contributed by atoms with van der Waals surface area (Å²) in [5.74, 6) is 0.598. The summed E-state index contributed by atoms with van der Waals surface area (Å²) in [6, 6.07) is 5.49. The molecular weight excluding hydrogens is 259 g/mol. The highest BCUT2D eigenvalue weighted by Crippen LogP contribution is 2.37. The van der Waals surface area contributed by atoms with E-state index in [0.717, 1.165) is 18.4 Å². The molecule has 0 saturated carbocycles. The number of benzene rings is 1. The van der Waals surface area contributed by atoms with Crippen molar-refractivity contribution in [3.8, 4) is 0 Å². The summed E-state index contributed by atoms with van der Waals surface area (Å²) in [7, 11) is 0. The van der Waals surface area contributed by atoms with Gasteiger partial charge in [-0.2, -0.15) is 0 Å². The van der Waals surface area contributed by atoms with Crippen molar-refractivity contribution in [2.24, 2.45) is 5.92 Å². The van der Waals surface area contributed by atoms with Crippen LogP contribution in [0.15, 0.2) is 30.4 Å². The van der Waals surface area contributed by atoms with Crippen LogP contribution in [0.25, 0.3) is 0 Å². The molecule has 110 valence electrons. The second-order valence-electron chi connectivity index (χ2n) is 5.61. The molecule has 3 nitrogen and oxygen atoms in total. The number of hydrogen-bond donors (Lipinski definition) is 2. The Morgan fingerprint density at radius 1 is 1.40 bits per heavy atom. The molecule has 0 aromatic heterocycles. The lowest BCUT2D eigenvalue weighted by atomic mass is 9.71. The van der Waals surface area contributed by atoms with Gasteiger partial charge in [0.15, 0.2) is 0 Å². The van der Waals surface area contributed by atoms with Crippen LogP contribution in [-0.2, 0) is 5.41 Å². The maximum absolute atomic E-state index is 13.2. The number of carbonyl (C=O) groups is 1. The topological polar surface area (TPSA) is 57.5 Å². The van der Waals surface area contributed by atoms with Crippen molar-refractivity contribution in [2.45, 2.75) is 39.0 Å². The van der Waals surface area contributed by atoms with Crippen molar-refractivity contribution in [1.29, 1.82) is 0 Å². The first-order chi connectivity index (χ1) is 9.24. The molecule has 1 aliphatic carbocycles. The minimum Gasteiger partial charge on any atom is -0.450 e. The standard InChI is InChI=1S/C15H19F.CH2O3/c1-11-5-4-8-15(3,10-11)13-6-7-14(16)12(2)9-13;2-1(3)4/h4,6-9,11H,5,10H2,1-3H3;(H2,2,3,4). The molecule has 0 radical (unpaired) electrons. The normalized spacial score (nSPS) is 24.7. The Balaban J connectivity index is 0.000000444. The summed E-state index contributed by atoms with van der Waals surface area (Å²) >= 11 is 0. The van der Waals surface area contributed by atoms with Crippen molar-refractivity contribution in [3.63, 3.8) is 0 Å². The fourth-order valence-electron chi connectivity index (χ4n) is 2.65. The fourth-order valence-corrected chi connectivity index (χ4v) is 2.65. The Morgan fingerprint density at radius 3 is 2.50 bits per heavy atom. The number of carboxylic acid groups (broad SMARTS) is 2. The SMILES string of the molecule is Cc1cc(C2(C)C=CCC(C)C2)ccc1F.O=C(O)O. The zero-order valence-electron chi connectivity index (χ0n) is 12.1. The zero-order valence-corrected chi connectivity index (χ0v) is 12.1. The Labute approximate surface area is 118 Å². The van der Waals surface area contributed by atoms with E-state index in [1.807, 2.05) is 19.1 Å². The maximum atomic E-state index is 13.2. The number of allylic oxidation sites excluding steroid dienone is 2. The number of aryl methyl sites for hydroxylation is 1. The largest absolute Gasteiger partial charge is 0.503 e. The molecule has 20 heavy (non-hydrogen) atoms. The van der Waals surface area contributed by atoms with Crippen LogP contribution in [0, 0.1) is 18.7 Å². The number of hydrogen-bond acceptors (Lipinski definition) is 1. The highest BCUT2D eigenvalue weighted by atomic mass is 19.1. The van der Waals surface area contributed by atoms with E-state index >= 15 is 0 Å². The first kappa shape index (κ1) is 16.2. The Kier molecular flexibility index (Phi) is 5.31. The van der Waals surface area contributed by atoms with Crippen LogP contribution in [0.3, 0.4) is 0 Å². The fraction of sp³-hybridized carbons (Fsp3) is 0.438. The van der Waals surface area contributed by atoms with E-state index in [2.05, 4.69) is 26.0 Å². The van der Waals surface area contributed by atoms with Gasteiger partial charge >= 0.3 is 6.16 Å². The van der Waals surface area contributed by atoms with Crippen molar-refractivity contribution in [2.75, 3.05) is 0 Å². The lowest BCUT2D eigenvalue weighted by molar-refractivity contribution is 0.137. The van der Waals surface area contributed by atoms with Gasteiger partial charge in [0, 0.05) is 5.41 Å². The summed E-state index contributed by atoms with van der Waals surface area (Å²) in [5.41, 5.74) is 2.05. The van der Waals surface area contributed by atoms with Crippen LogP contribution >= 0.6 is 0 Å². The van der Waals surface area contributed by atoms with Crippen LogP contribution in [0.5, 0.6) is 0 Å². The van der Waals surface area contributed by atoms with Gasteiger partial charge in [-0.25, -0.2) is 9.18 Å². The summed E-state index contributed by atoms with van der Waals surface area (Å²) in [6.45, 7) is 6.35. The minimum atomic E-state index is -1.83. The van der Waals surface area contributed by atoms with Gasteiger partial charge in [-0.05, 0) is 42.9 Å². The average Bonchev–Trinajstić information content (AvgIpc) is 2.31. The third-order valence-corrected chi connectivity index (χ3v) is 3.61. The molecule has 2 atom stereocenters. The summed E-state index contributed by atoms with van der Waals surface area (Å²) in [4.78, 5) is 8.56. The minimum absolute atomic E-state index is 0.0795. The number of halogens is 1. The molecule has 0 amide bonds. The summed E-state index contributed by atoms with van der Waals surface area (Å²) in [6.07, 6.45) is 5.01. The molecule has 4 heteroatoms. The molecule has 1 aliphatic rings. The van der Waals surface area contributed by atoms with Gasteiger partial charge in [-0.3, -0.25) is 0 Å². The van der Waals surface area contributed by atoms with Gasteiger partial charge in [0.25, 0.3) is 0 Å². The third-order valence-electron chi connectivity index (χ3n) is 3.61. The molecule has 2 rings (SSSR count). The lowest BCUT2D eigenvalue weighted by Crippen LogP contribution is -2.25. The van der Waals surface area contributed by atoms with Gasteiger partial charge in [0.05, 0.1) is 0 Å². The Bertz CT molecular complexity index is 506. The van der Waals surface area contributed by atoms with Crippen LogP contribution in [0.4, 0.5) is 9.18 Å². The van der Waals surface area contributed by atoms with Gasteiger partial charge < -0.3 is 10.2 Å². The molecule has 0 saturated heterocycles. The molecule has 1 aromatic carbocycles. The molecule has 0 bridgehead atoms. The molecule has 0 spiro atoms. The predicted octanol–water partition coefficient (Wildman–Crippen LogP) is 4.60. The Hall–Kier alpha value is -1.84. The molecule has 2 N–H and O–H groups in total. The van der Waals surface area contributed by atoms with E-state index in [-0.39, 0.29) is 11.2 Å². The van der Waals surface area contributed by atoms with E-state index in [9.17, 15) is 4.39 Å². The highest BCUT2D eigenvalue weighted by molar-refractivity contribution is 5.53. The van der Waals surface area contributed by atoms with Gasteiger partial charge in [0.2, 0.25) is 0 Å². The first-order valence-corrected chi connectivity index (χ1v) is 6.61. The van der Waals surface area contributed by atoms with E-state index in [4.69, 9.17) is 15.0 Å². The van der Waals surface area contributed by atoms with Crippen LogP contribution in [0.1, 0.15) is 37.8 Å². The van der Waals surface area contributed by atoms with Crippen molar-refractivity contribution >= 4 is 6.16 Å². The van der Waals surface area contributed by atoms with Crippen LogP contribution in [0.2, 0.25) is 0 Å². The molecule has 0 fully saturated rings. The molecule has 0 aliphatic heterocycles. The average molecular weight is 280 g/mol. The van der Waals surface area contributed by atoms with E-state index in [1.54, 1.807) is 6.07 Å². The van der Waals surface area contributed by atoms with Crippen LogP contribution < -0.4 is 0 Å². The van der Waals surface area contributed by atoms with E-state index in [0.29, 0.717) is 5.92 Å². The molecule has 0 heterocycles. The van der Waals surface area contributed by atoms with Crippen molar-refractivity contribution < 1.29 is 19.4 Å².